The number of thioether (sulfide) groups is 1. The molecule has 0 N–H and O–H groups in total. The van der Waals surface area contributed by atoms with Crippen LogP contribution in [-0.4, -0.2) is 37.5 Å². The van der Waals surface area contributed by atoms with E-state index in [0.29, 0.717) is 10.7 Å². The summed E-state index contributed by atoms with van der Waals surface area (Å²) in [6, 6.07) is 12.9. The zero-order chi connectivity index (χ0) is 18.7. The Kier molecular flexibility index (Phi) is 5.27. The fourth-order valence-corrected chi connectivity index (χ4v) is 3.29. The lowest BCUT2D eigenvalue weighted by Crippen LogP contribution is -2.07. The molecule has 1 aromatic heterocycles. The molecule has 3 aromatic rings. The van der Waals surface area contributed by atoms with Gasteiger partial charge in [0.2, 0.25) is 5.16 Å². The van der Waals surface area contributed by atoms with Gasteiger partial charge in [0, 0.05) is 11.1 Å². The first-order valence-corrected chi connectivity index (χ1v) is 9.07. The Balaban J connectivity index is 1.76. The van der Waals surface area contributed by atoms with Gasteiger partial charge in [0.05, 0.1) is 11.4 Å². The van der Waals surface area contributed by atoms with E-state index in [0.717, 1.165) is 22.4 Å². The third-order valence-electron chi connectivity index (χ3n) is 3.99. The Bertz CT molecular complexity index is 964. The van der Waals surface area contributed by atoms with Crippen molar-refractivity contribution < 1.29 is 9.59 Å². The van der Waals surface area contributed by atoms with Crippen LogP contribution < -0.4 is 0 Å². The maximum absolute atomic E-state index is 12.5. The van der Waals surface area contributed by atoms with Crippen LogP contribution in [0.25, 0.3) is 5.69 Å². The highest BCUT2D eigenvalue weighted by Crippen LogP contribution is 2.21. The van der Waals surface area contributed by atoms with Crippen LogP contribution in [0, 0.1) is 13.8 Å². The summed E-state index contributed by atoms with van der Waals surface area (Å²) in [6.07, 6.45) is 0. The molecular formula is C19H18N4O2S. The number of nitrogens with zero attached hydrogens (tertiary/aromatic N) is 4. The quantitative estimate of drug-likeness (QED) is 0.491. The SMILES string of the molecule is CC(=O)c1ccc(-n2nnnc2SCC(=O)c2cc(C)ccc2C)cc1. The van der Waals surface area contributed by atoms with Gasteiger partial charge >= 0.3 is 0 Å². The first-order valence-electron chi connectivity index (χ1n) is 8.08. The second-order valence-corrected chi connectivity index (χ2v) is 6.95. The highest BCUT2D eigenvalue weighted by atomic mass is 32.2. The molecule has 26 heavy (non-hydrogen) atoms. The smallest absolute Gasteiger partial charge is 0.214 e. The third kappa shape index (κ3) is 3.88. The van der Waals surface area contributed by atoms with E-state index < -0.39 is 0 Å². The number of Topliss-reactive ketones (excluding diaryl/α,β-unsaturated/α-hetero) is 2. The van der Waals surface area contributed by atoms with Gasteiger partial charge in [-0.15, -0.1) is 5.10 Å². The molecule has 3 rings (SSSR count). The molecule has 0 bridgehead atoms. The summed E-state index contributed by atoms with van der Waals surface area (Å²) in [5.41, 5.74) is 4.10. The van der Waals surface area contributed by atoms with Crippen LogP contribution in [0.2, 0.25) is 0 Å². The third-order valence-corrected chi connectivity index (χ3v) is 4.90. The lowest BCUT2D eigenvalue weighted by Gasteiger charge is -2.07. The molecule has 0 aliphatic heterocycles. The monoisotopic (exact) mass is 366 g/mol. The molecule has 0 saturated carbocycles. The van der Waals surface area contributed by atoms with Gasteiger partial charge in [0.15, 0.2) is 11.6 Å². The number of tetrazole rings is 1. The van der Waals surface area contributed by atoms with E-state index in [1.165, 1.54) is 18.7 Å². The van der Waals surface area contributed by atoms with Crippen molar-refractivity contribution in [2.75, 3.05) is 5.75 Å². The van der Waals surface area contributed by atoms with Crippen molar-refractivity contribution in [3.63, 3.8) is 0 Å². The second-order valence-electron chi connectivity index (χ2n) is 6.01. The molecule has 0 amide bonds. The number of aromatic nitrogens is 4. The van der Waals surface area contributed by atoms with Crippen molar-refractivity contribution in [2.45, 2.75) is 25.9 Å². The van der Waals surface area contributed by atoms with E-state index in [1.54, 1.807) is 28.9 Å². The summed E-state index contributed by atoms with van der Waals surface area (Å²) in [4.78, 5) is 23.9. The highest BCUT2D eigenvalue weighted by Gasteiger charge is 2.14. The molecule has 0 radical (unpaired) electrons. The van der Waals surface area contributed by atoms with Gasteiger partial charge in [0.1, 0.15) is 0 Å². The summed E-state index contributed by atoms with van der Waals surface area (Å²) in [7, 11) is 0. The van der Waals surface area contributed by atoms with E-state index in [2.05, 4.69) is 15.5 Å². The van der Waals surface area contributed by atoms with Crippen molar-refractivity contribution in [1.29, 1.82) is 0 Å². The molecule has 0 fully saturated rings. The molecule has 6 nitrogen and oxygen atoms in total. The average Bonchev–Trinajstić information content (AvgIpc) is 3.10. The van der Waals surface area contributed by atoms with Crippen molar-refractivity contribution in [3.05, 3.63) is 64.7 Å². The maximum atomic E-state index is 12.5. The second kappa shape index (κ2) is 7.61. The van der Waals surface area contributed by atoms with Crippen LogP contribution in [0.4, 0.5) is 0 Å². The molecule has 0 unspecified atom stereocenters. The number of rotatable bonds is 6. The van der Waals surface area contributed by atoms with Crippen LogP contribution in [0.15, 0.2) is 47.6 Å². The summed E-state index contributed by atoms with van der Waals surface area (Å²) < 4.78 is 1.56. The molecule has 0 saturated heterocycles. The van der Waals surface area contributed by atoms with Crippen molar-refractivity contribution in [1.82, 2.24) is 20.2 Å². The first kappa shape index (κ1) is 18.0. The Morgan fingerprint density at radius 3 is 2.50 bits per heavy atom. The van der Waals surface area contributed by atoms with Gasteiger partial charge in [-0.05, 0) is 67.1 Å². The van der Waals surface area contributed by atoms with E-state index in [4.69, 9.17) is 0 Å². The first-order chi connectivity index (χ1) is 12.5. The van der Waals surface area contributed by atoms with Gasteiger partial charge in [-0.1, -0.05) is 29.5 Å². The standard InChI is InChI=1S/C19H18N4O2S/c1-12-4-5-13(2)17(10-12)18(25)11-26-19-20-21-22-23(19)16-8-6-15(7-9-16)14(3)24/h4-10H,11H2,1-3H3. The molecule has 132 valence electrons. The van der Waals surface area contributed by atoms with Gasteiger partial charge in [-0.3, -0.25) is 9.59 Å². The number of aryl methyl sites for hydroxylation is 2. The molecular weight excluding hydrogens is 348 g/mol. The zero-order valence-corrected chi connectivity index (χ0v) is 15.6. The number of benzene rings is 2. The van der Waals surface area contributed by atoms with Gasteiger partial charge in [-0.25, -0.2) is 0 Å². The van der Waals surface area contributed by atoms with Gasteiger partial charge in [0.25, 0.3) is 0 Å². The molecule has 0 aliphatic carbocycles. The topological polar surface area (TPSA) is 77.7 Å². The molecule has 0 spiro atoms. The molecule has 2 aromatic carbocycles. The predicted octanol–water partition coefficient (Wildman–Crippen LogP) is 3.46. The number of ketones is 2. The number of carbonyl (C=O) groups excluding carboxylic acids is 2. The lowest BCUT2D eigenvalue weighted by molar-refractivity contribution is 0.101. The van der Waals surface area contributed by atoms with Gasteiger partial charge < -0.3 is 0 Å². The average molecular weight is 366 g/mol. The summed E-state index contributed by atoms with van der Waals surface area (Å²) in [6.45, 7) is 5.42. The van der Waals surface area contributed by atoms with E-state index in [1.807, 2.05) is 32.0 Å². The van der Waals surface area contributed by atoms with E-state index in [-0.39, 0.29) is 17.3 Å². The maximum Gasteiger partial charge on any atom is 0.214 e. The van der Waals surface area contributed by atoms with Crippen molar-refractivity contribution in [3.8, 4) is 5.69 Å². The molecule has 7 heteroatoms. The van der Waals surface area contributed by atoms with Crippen molar-refractivity contribution in [2.24, 2.45) is 0 Å². The van der Waals surface area contributed by atoms with Gasteiger partial charge in [-0.2, -0.15) is 4.68 Å². The van der Waals surface area contributed by atoms with Crippen LogP contribution in [0.1, 0.15) is 38.8 Å². The Morgan fingerprint density at radius 2 is 1.81 bits per heavy atom. The summed E-state index contributed by atoms with van der Waals surface area (Å²) in [5, 5.41) is 12.2. The summed E-state index contributed by atoms with van der Waals surface area (Å²) in [5.74, 6) is 0.288. The number of hydrogen-bond donors (Lipinski definition) is 0. The van der Waals surface area contributed by atoms with Crippen LogP contribution in [0.5, 0.6) is 0 Å². The molecule has 1 heterocycles. The molecule has 0 aliphatic rings. The lowest BCUT2D eigenvalue weighted by atomic mass is 10.0. The minimum absolute atomic E-state index is 0.00184. The number of carbonyl (C=O) groups is 2. The highest BCUT2D eigenvalue weighted by molar-refractivity contribution is 7.99. The van der Waals surface area contributed by atoms with Crippen LogP contribution in [-0.2, 0) is 0 Å². The Morgan fingerprint density at radius 1 is 1.08 bits per heavy atom. The minimum Gasteiger partial charge on any atom is -0.295 e. The zero-order valence-electron chi connectivity index (χ0n) is 14.8. The normalized spacial score (nSPS) is 10.7. The summed E-state index contributed by atoms with van der Waals surface area (Å²) >= 11 is 1.29. The molecule has 0 atom stereocenters. The Labute approximate surface area is 155 Å². The van der Waals surface area contributed by atoms with Crippen LogP contribution in [0.3, 0.4) is 0 Å². The van der Waals surface area contributed by atoms with Crippen molar-refractivity contribution >= 4 is 23.3 Å². The van der Waals surface area contributed by atoms with E-state index in [9.17, 15) is 9.59 Å². The number of hydrogen-bond acceptors (Lipinski definition) is 6. The Hall–Kier alpha value is -2.80. The van der Waals surface area contributed by atoms with Crippen LogP contribution >= 0.6 is 11.8 Å². The fourth-order valence-electron chi connectivity index (χ4n) is 2.51. The minimum atomic E-state index is 0.00184. The largest absolute Gasteiger partial charge is 0.295 e. The van der Waals surface area contributed by atoms with E-state index >= 15 is 0 Å². The predicted molar refractivity (Wildman–Crippen MR) is 100 cm³/mol. The fraction of sp³-hybridized carbons (Fsp3) is 0.211.